The van der Waals surface area contributed by atoms with E-state index in [-0.39, 0.29) is 9.81 Å². The van der Waals surface area contributed by atoms with Crippen LogP contribution in [0.15, 0.2) is 19.5 Å². The summed E-state index contributed by atoms with van der Waals surface area (Å²) in [6.07, 6.45) is 1.29. The molecule has 0 saturated carbocycles. The predicted octanol–water partition coefficient (Wildman–Crippen LogP) is -0.376. The lowest BCUT2D eigenvalue weighted by Gasteiger charge is -1.99. The zero-order valence-electron chi connectivity index (χ0n) is 14.0. The highest BCUT2D eigenvalue weighted by Gasteiger charge is 2.29. The van der Waals surface area contributed by atoms with E-state index < -0.39 is 34.8 Å². The van der Waals surface area contributed by atoms with E-state index in [1.807, 2.05) is 13.8 Å². The van der Waals surface area contributed by atoms with Gasteiger partial charge in [0.15, 0.2) is 0 Å². The van der Waals surface area contributed by atoms with Crippen molar-refractivity contribution in [3.05, 3.63) is 21.8 Å². The molecule has 14 nitrogen and oxygen atoms in total. The summed E-state index contributed by atoms with van der Waals surface area (Å²) in [6, 6.07) is 0. The Hall–Kier alpha value is -3.58. The molecule has 0 aliphatic rings. The summed E-state index contributed by atoms with van der Waals surface area (Å²) >= 11 is 0. The van der Waals surface area contributed by atoms with Gasteiger partial charge in [0.25, 0.3) is 0 Å². The minimum atomic E-state index is -0.767. The average molecular weight is 368 g/mol. The number of amides is 2. The number of aromatic nitrogens is 4. The second-order valence-electron chi connectivity index (χ2n) is 4.92. The monoisotopic (exact) mass is 368 g/mol. The maximum atomic E-state index is 11.9. The summed E-state index contributed by atoms with van der Waals surface area (Å²) in [5.41, 5.74) is -1.06. The van der Waals surface area contributed by atoms with Crippen LogP contribution < -0.4 is 20.4 Å². The van der Waals surface area contributed by atoms with Crippen LogP contribution in [-0.4, -0.2) is 35.2 Å². The van der Waals surface area contributed by atoms with E-state index in [1.54, 1.807) is 0 Å². The summed E-state index contributed by atoms with van der Waals surface area (Å²) in [4.78, 5) is 23.6. The lowest BCUT2D eigenvalue weighted by atomic mass is 10.4. The molecule has 2 heterocycles. The molecule has 14 heteroatoms. The molecule has 0 bridgehead atoms. The van der Waals surface area contributed by atoms with Crippen LogP contribution in [-0.2, 0) is 0 Å². The van der Waals surface area contributed by atoms with Gasteiger partial charge >= 0.3 is 34.8 Å². The minimum Gasteiger partial charge on any atom is -0.359 e. The number of carbonyl (C=O) groups excluding carboxylic acids is 2. The number of nitrogens with zero attached hydrogens (tertiary/aromatic N) is 6. The third kappa shape index (κ3) is 4.08. The van der Waals surface area contributed by atoms with Crippen LogP contribution in [0.5, 0.6) is 0 Å². The molecule has 0 saturated heterocycles. The van der Waals surface area contributed by atoms with Crippen molar-refractivity contribution in [1.82, 2.24) is 20.9 Å². The Kier molecular flexibility index (Phi) is 6.13. The van der Waals surface area contributed by atoms with Crippen molar-refractivity contribution in [3.8, 4) is 0 Å². The molecule has 0 fully saturated rings. The van der Waals surface area contributed by atoms with E-state index in [4.69, 9.17) is 0 Å². The van der Waals surface area contributed by atoms with Crippen molar-refractivity contribution >= 4 is 23.5 Å². The molecule has 0 spiro atoms. The topological polar surface area (TPSA) is 189 Å². The first-order valence-corrected chi connectivity index (χ1v) is 7.67. The molecular formula is C12H16N8O6. The van der Waals surface area contributed by atoms with Gasteiger partial charge in [0.05, 0.1) is 10.3 Å². The van der Waals surface area contributed by atoms with E-state index in [0.717, 1.165) is 0 Å². The Labute approximate surface area is 145 Å². The molecule has 2 rings (SSSR count). The second-order valence-corrected chi connectivity index (χ2v) is 4.92. The quantitative estimate of drug-likeness (QED) is 0.465. The van der Waals surface area contributed by atoms with Gasteiger partial charge in [-0.3, -0.25) is 18.8 Å². The van der Waals surface area contributed by atoms with E-state index >= 15 is 0 Å². The van der Waals surface area contributed by atoms with E-state index in [1.165, 1.54) is 0 Å². The minimum absolute atomic E-state index is 0.134. The van der Waals surface area contributed by atoms with Gasteiger partial charge in [0, 0.05) is 13.1 Å². The Morgan fingerprint density at radius 2 is 1.31 bits per heavy atom. The Morgan fingerprint density at radius 1 is 0.923 bits per heavy atom. The highest BCUT2D eigenvalue weighted by Crippen LogP contribution is 2.18. The van der Waals surface area contributed by atoms with Gasteiger partial charge in [-0.05, 0) is 22.6 Å². The zero-order chi connectivity index (χ0) is 19.1. The van der Waals surface area contributed by atoms with E-state index in [2.05, 4.69) is 40.4 Å². The summed E-state index contributed by atoms with van der Waals surface area (Å²) in [5.74, 6) is -2.43. The number of hydrogen-bond acceptors (Lipinski definition) is 10. The van der Waals surface area contributed by atoms with Gasteiger partial charge in [-0.15, -0.1) is 0 Å². The highest BCUT2D eigenvalue weighted by molar-refractivity contribution is 5.95. The molecule has 0 atom stereocenters. The van der Waals surface area contributed by atoms with Crippen molar-refractivity contribution in [2.45, 2.75) is 26.7 Å². The third-order valence-electron chi connectivity index (χ3n) is 2.93. The van der Waals surface area contributed by atoms with Crippen LogP contribution in [0.25, 0.3) is 0 Å². The zero-order valence-corrected chi connectivity index (χ0v) is 14.0. The van der Waals surface area contributed by atoms with Gasteiger partial charge in [-0.1, -0.05) is 24.1 Å². The lowest BCUT2D eigenvalue weighted by Crippen LogP contribution is -2.37. The SMILES string of the molecule is CCCNC(=O)c1c(N=Nc2no[n+]([O-])c2C(=O)NCCC)no[n+]1[O-]. The standard InChI is InChI=1S/C12H16N8O6/c1-3-5-13-11(21)7-9(17-25-19(7)23)15-16-10-8(20(24)26-18-10)12(22)14-6-4-2/h3-6H2,1-2H3,(H,13,21)(H,14,22). The molecule has 0 aliphatic carbocycles. The fraction of sp³-hybridized carbons (Fsp3) is 0.500. The maximum absolute atomic E-state index is 11.9. The van der Waals surface area contributed by atoms with Crippen LogP contribution in [0.2, 0.25) is 0 Å². The first-order chi connectivity index (χ1) is 12.5. The first-order valence-electron chi connectivity index (χ1n) is 7.67. The van der Waals surface area contributed by atoms with Crippen molar-refractivity contribution in [2.24, 2.45) is 10.2 Å². The van der Waals surface area contributed by atoms with Crippen LogP contribution in [0.4, 0.5) is 11.6 Å². The fourth-order valence-electron chi connectivity index (χ4n) is 1.72. The average Bonchev–Trinajstić information content (AvgIpc) is 3.18. The summed E-state index contributed by atoms with van der Waals surface area (Å²) < 4.78 is 8.66. The summed E-state index contributed by atoms with van der Waals surface area (Å²) in [5, 5.41) is 41.7. The van der Waals surface area contributed by atoms with E-state index in [0.29, 0.717) is 25.9 Å². The highest BCUT2D eigenvalue weighted by atomic mass is 16.8. The van der Waals surface area contributed by atoms with Gasteiger partial charge < -0.3 is 21.0 Å². The molecule has 26 heavy (non-hydrogen) atoms. The largest absolute Gasteiger partial charge is 0.364 e. The first kappa shape index (κ1) is 18.8. The van der Waals surface area contributed by atoms with Gasteiger partial charge in [-0.2, -0.15) is 0 Å². The fourth-order valence-corrected chi connectivity index (χ4v) is 1.72. The molecule has 2 N–H and O–H groups in total. The van der Waals surface area contributed by atoms with Gasteiger partial charge in [0.2, 0.25) is 0 Å². The Bertz CT molecular complexity index is 746. The molecule has 0 aromatic carbocycles. The molecular weight excluding hydrogens is 352 g/mol. The van der Waals surface area contributed by atoms with Gasteiger partial charge in [0.1, 0.15) is 0 Å². The third-order valence-corrected chi connectivity index (χ3v) is 2.93. The number of azo groups is 1. The molecule has 140 valence electrons. The van der Waals surface area contributed by atoms with Crippen molar-refractivity contribution in [2.75, 3.05) is 13.1 Å². The van der Waals surface area contributed by atoms with Crippen LogP contribution in [0, 0.1) is 10.4 Å². The van der Waals surface area contributed by atoms with Crippen LogP contribution >= 0.6 is 0 Å². The molecule has 0 unspecified atom stereocenters. The lowest BCUT2D eigenvalue weighted by molar-refractivity contribution is -0.803. The second kappa shape index (κ2) is 8.50. The smallest absolute Gasteiger partial charge is 0.359 e. The summed E-state index contributed by atoms with van der Waals surface area (Å²) in [6.45, 7) is 4.30. The van der Waals surface area contributed by atoms with Crippen molar-refractivity contribution in [3.63, 3.8) is 0 Å². The molecule has 2 amide bonds. The van der Waals surface area contributed by atoms with Crippen molar-refractivity contribution < 1.29 is 28.7 Å². The van der Waals surface area contributed by atoms with Crippen LogP contribution in [0.3, 0.4) is 0 Å². The molecule has 0 aliphatic heterocycles. The number of rotatable bonds is 8. The number of nitrogens with one attached hydrogen (secondary N) is 2. The summed E-state index contributed by atoms with van der Waals surface area (Å²) in [7, 11) is 0. The Morgan fingerprint density at radius 3 is 1.65 bits per heavy atom. The van der Waals surface area contributed by atoms with E-state index in [9.17, 15) is 20.0 Å². The van der Waals surface area contributed by atoms with Crippen LogP contribution in [0.1, 0.15) is 47.7 Å². The number of hydrogen-bond donors (Lipinski definition) is 2. The Balaban J connectivity index is 2.26. The molecule has 0 radical (unpaired) electrons. The molecule has 2 aromatic rings. The maximum Gasteiger partial charge on any atom is 0.364 e. The van der Waals surface area contributed by atoms with Crippen molar-refractivity contribution in [1.29, 1.82) is 0 Å². The normalized spacial score (nSPS) is 11.0. The van der Waals surface area contributed by atoms with Gasteiger partial charge in [-0.25, -0.2) is 0 Å². The predicted molar refractivity (Wildman–Crippen MR) is 80.4 cm³/mol. The molecule has 2 aromatic heterocycles. The number of carbonyl (C=O) groups is 2.